The van der Waals surface area contributed by atoms with Crippen LogP contribution in [-0.4, -0.2) is 17.2 Å². The van der Waals surface area contributed by atoms with Crippen LogP contribution in [0.3, 0.4) is 0 Å². The van der Waals surface area contributed by atoms with E-state index in [1.165, 1.54) is 39.0 Å². The molecule has 0 saturated heterocycles. The molecule has 1 rings (SSSR count). The number of carboxylic acid groups (broad SMARTS) is 1. The predicted molar refractivity (Wildman–Crippen MR) is 70.6 cm³/mol. The number of hydrogen-bond acceptors (Lipinski definition) is 2. The highest BCUT2D eigenvalue weighted by Crippen LogP contribution is 2.42. The molecule has 1 atom stereocenters. The summed E-state index contributed by atoms with van der Waals surface area (Å²) in [5.74, 6) is -5.35. The molecule has 6 heteroatoms. The van der Waals surface area contributed by atoms with Gasteiger partial charge in [0.15, 0.2) is 6.10 Å². The van der Waals surface area contributed by atoms with Gasteiger partial charge in [-0.15, -0.1) is 0 Å². The van der Waals surface area contributed by atoms with E-state index in [2.05, 4.69) is 15.9 Å². The first-order chi connectivity index (χ1) is 8.66. The lowest BCUT2D eigenvalue weighted by atomic mass is 9.97. The van der Waals surface area contributed by atoms with Crippen molar-refractivity contribution in [3.63, 3.8) is 0 Å². The summed E-state index contributed by atoms with van der Waals surface area (Å²) in [4.78, 5) is 10.7. The molecule has 0 aromatic heterocycles. The lowest BCUT2D eigenvalue weighted by molar-refractivity contribution is -0.144. The fraction of sp³-hybridized carbons (Fsp3) is 0.462. The zero-order valence-electron chi connectivity index (χ0n) is 10.8. The first kappa shape index (κ1) is 15.9. The van der Waals surface area contributed by atoms with Gasteiger partial charge in [0.2, 0.25) is 0 Å². The minimum absolute atomic E-state index is 0.114. The molecule has 0 heterocycles. The van der Waals surface area contributed by atoms with E-state index in [1.807, 2.05) is 0 Å². The Hall–Kier alpha value is -1.17. The Bertz CT molecular complexity index is 475. The zero-order valence-corrected chi connectivity index (χ0v) is 12.4. The largest absolute Gasteiger partial charge is 0.479 e. The van der Waals surface area contributed by atoms with E-state index in [0.29, 0.717) is 4.47 Å². The van der Waals surface area contributed by atoms with Crippen LogP contribution in [0.15, 0.2) is 22.7 Å². The molecule has 1 N–H and O–H groups in total. The molecule has 0 aliphatic rings. The number of halogens is 3. The Kier molecular flexibility index (Phi) is 4.90. The first-order valence-electron chi connectivity index (χ1n) is 5.73. The number of benzene rings is 1. The SMILES string of the molecule is CC(C)C(F)(F)c1cc(Br)ccc1O[C@@H](C)C(=O)O. The summed E-state index contributed by atoms with van der Waals surface area (Å²) in [6.45, 7) is 4.08. The second kappa shape index (κ2) is 5.86. The van der Waals surface area contributed by atoms with Gasteiger partial charge in [-0.3, -0.25) is 0 Å². The summed E-state index contributed by atoms with van der Waals surface area (Å²) in [6, 6.07) is 4.13. The third kappa shape index (κ3) is 3.65. The Morgan fingerprint density at radius 1 is 1.37 bits per heavy atom. The molecule has 0 aliphatic carbocycles. The molecule has 0 bridgehead atoms. The minimum atomic E-state index is -3.10. The molecule has 19 heavy (non-hydrogen) atoms. The molecule has 0 aliphatic heterocycles. The second-order valence-electron chi connectivity index (χ2n) is 4.52. The maximum atomic E-state index is 14.1. The molecule has 3 nitrogen and oxygen atoms in total. The highest BCUT2D eigenvalue weighted by atomic mass is 79.9. The van der Waals surface area contributed by atoms with Gasteiger partial charge in [-0.2, -0.15) is 0 Å². The van der Waals surface area contributed by atoms with Gasteiger partial charge in [-0.05, 0) is 25.1 Å². The lowest BCUT2D eigenvalue weighted by Gasteiger charge is -2.24. The Morgan fingerprint density at radius 3 is 2.42 bits per heavy atom. The molecular formula is C13H15BrF2O3. The smallest absolute Gasteiger partial charge is 0.344 e. The average molecular weight is 337 g/mol. The fourth-order valence-corrected chi connectivity index (χ4v) is 1.78. The van der Waals surface area contributed by atoms with Crippen molar-refractivity contribution < 1.29 is 23.4 Å². The number of aliphatic carboxylic acids is 1. The standard InChI is InChI=1S/C13H15BrF2O3/c1-7(2)13(15,16)10-6-9(14)4-5-11(10)19-8(3)12(17)18/h4-8H,1-3H3,(H,17,18)/t8-/m0/s1. The van der Waals surface area contributed by atoms with Gasteiger partial charge in [0.25, 0.3) is 5.92 Å². The summed E-state index contributed by atoms with van der Waals surface area (Å²) >= 11 is 3.13. The van der Waals surface area contributed by atoms with Gasteiger partial charge < -0.3 is 9.84 Å². The van der Waals surface area contributed by atoms with Crippen LogP contribution in [-0.2, 0) is 10.7 Å². The molecule has 0 spiro atoms. The van der Waals surface area contributed by atoms with E-state index in [1.54, 1.807) is 0 Å². The quantitative estimate of drug-likeness (QED) is 0.882. The van der Waals surface area contributed by atoms with Crippen molar-refractivity contribution in [2.45, 2.75) is 32.8 Å². The summed E-state index contributed by atoms with van der Waals surface area (Å²) in [5.41, 5.74) is -0.315. The molecule has 106 valence electrons. The molecule has 0 unspecified atom stereocenters. The highest BCUT2D eigenvalue weighted by Gasteiger charge is 2.39. The van der Waals surface area contributed by atoms with Crippen LogP contribution >= 0.6 is 15.9 Å². The Balaban J connectivity index is 3.22. The molecule has 1 aromatic rings. The third-order valence-corrected chi connectivity index (χ3v) is 3.17. The van der Waals surface area contributed by atoms with Gasteiger partial charge in [0.05, 0.1) is 5.56 Å². The van der Waals surface area contributed by atoms with Crippen LogP contribution in [0.25, 0.3) is 0 Å². The monoisotopic (exact) mass is 336 g/mol. The van der Waals surface area contributed by atoms with Crippen LogP contribution in [0.2, 0.25) is 0 Å². The van der Waals surface area contributed by atoms with Crippen molar-refractivity contribution in [2.75, 3.05) is 0 Å². The van der Waals surface area contributed by atoms with E-state index in [0.717, 1.165) is 0 Å². The normalized spacial score (nSPS) is 13.4. The summed E-state index contributed by atoms with van der Waals surface area (Å²) in [7, 11) is 0. The van der Waals surface area contributed by atoms with E-state index in [4.69, 9.17) is 9.84 Å². The maximum Gasteiger partial charge on any atom is 0.344 e. The van der Waals surface area contributed by atoms with E-state index >= 15 is 0 Å². The molecular weight excluding hydrogens is 322 g/mol. The summed E-state index contributed by atoms with van der Waals surface area (Å²) in [6.07, 6.45) is -1.19. The first-order valence-corrected chi connectivity index (χ1v) is 6.52. The molecule has 0 amide bonds. The molecule has 1 aromatic carbocycles. The van der Waals surface area contributed by atoms with Crippen LogP contribution < -0.4 is 4.74 Å². The minimum Gasteiger partial charge on any atom is -0.479 e. The van der Waals surface area contributed by atoms with Gasteiger partial charge in [-0.1, -0.05) is 29.8 Å². The van der Waals surface area contributed by atoms with Crippen molar-refractivity contribution in [1.82, 2.24) is 0 Å². The number of ether oxygens (including phenoxy) is 1. The molecule has 0 radical (unpaired) electrons. The summed E-state index contributed by atoms with van der Waals surface area (Å²) in [5, 5.41) is 8.78. The van der Waals surface area contributed by atoms with Gasteiger partial charge in [-0.25, -0.2) is 13.6 Å². The Labute approximate surface area is 118 Å². The number of carboxylic acids is 1. The van der Waals surface area contributed by atoms with Crippen LogP contribution in [0.1, 0.15) is 26.3 Å². The van der Waals surface area contributed by atoms with Crippen molar-refractivity contribution in [1.29, 1.82) is 0 Å². The van der Waals surface area contributed by atoms with Crippen molar-refractivity contribution in [3.8, 4) is 5.75 Å². The second-order valence-corrected chi connectivity index (χ2v) is 5.43. The van der Waals surface area contributed by atoms with Crippen molar-refractivity contribution >= 4 is 21.9 Å². The van der Waals surface area contributed by atoms with E-state index in [-0.39, 0.29) is 11.3 Å². The molecule has 0 saturated carbocycles. The number of alkyl halides is 2. The maximum absolute atomic E-state index is 14.1. The average Bonchev–Trinajstić information content (AvgIpc) is 2.30. The Morgan fingerprint density at radius 2 is 1.95 bits per heavy atom. The number of hydrogen-bond donors (Lipinski definition) is 1. The molecule has 0 fully saturated rings. The van der Waals surface area contributed by atoms with Gasteiger partial charge in [0, 0.05) is 10.4 Å². The van der Waals surface area contributed by atoms with E-state index in [9.17, 15) is 13.6 Å². The van der Waals surface area contributed by atoms with Crippen molar-refractivity contribution in [3.05, 3.63) is 28.2 Å². The van der Waals surface area contributed by atoms with E-state index < -0.39 is 23.9 Å². The fourth-order valence-electron chi connectivity index (χ4n) is 1.42. The van der Waals surface area contributed by atoms with Crippen LogP contribution in [0.5, 0.6) is 5.75 Å². The highest BCUT2D eigenvalue weighted by molar-refractivity contribution is 9.10. The van der Waals surface area contributed by atoms with Gasteiger partial charge >= 0.3 is 5.97 Å². The van der Waals surface area contributed by atoms with Gasteiger partial charge in [0.1, 0.15) is 5.75 Å². The topological polar surface area (TPSA) is 46.5 Å². The lowest BCUT2D eigenvalue weighted by Crippen LogP contribution is -2.27. The predicted octanol–water partition coefficient (Wildman–Crippen LogP) is 4.05. The zero-order chi connectivity index (χ0) is 14.8. The van der Waals surface area contributed by atoms with Crippen molar-refractivity contribution in [2.24, 2.45) is 5.92 Å². The summed E-state index contributed by atoms with van der Waals surface area (Å²) < 4.78 is 33.8. The third-order valence-electron chi connectivity index (χ3n) is 2.68. The van der Waals surface area contributed by atoms with Crippen LogP contribution in [0.4, 0.5) is 8.78 Å². The van der Waals surface area contributed by atoms with Crippen LogP contribution in [0, 0.1) is 5.92 Å². The number of rotatable bonds is 5. The number of carbonyl (C=O) groups is 1.